The molecule has 0 amide bonds. The zero-order chi connectivity index (χ0) is 14.1. The van der Waals surface area contributed by atoms with E-state index in [9.17, 15) is 0 Å². The average Bonchev–Trinajstić information content (AvgIpc) is 2.85. The Morgan fingerprint density at radius 1 is 1.32 bits per heavy atom. The van der Waals surface area contributed by atoms with E-state index in [2.05, 4.69) is 17.3 Å². The first-order valence-corrected chi connectivity index (χ1v) is 6.62. The molecule has 1 atom stereocenters. The molecule has 1 rings (SSSR count). The molecule has 0 saturated carbocycles. The van der Waals surface area contributed by atoms with Gasteiger partial charge in [-0.1, -0.05) is 0 Å². The van der Waals surface area contributed by atoms with E-state index in [-0.39, 0.29) is 6.04 Å². The topological polar surface area (TPSA) is 57.5 Å². The molecule has 0 spiro atoms. The van der Waals surface area contributed by atoms with Crippen molar-refractivity contribution in [3.63, 3.8) is 0 Å². The van der Waals surface area contributed by atoms with E-state index in [1.807, 2.05) is 11.7 Å². The molecular weight excluding hydrogens is 246 g/mol. The van der Waals surface area contributed by atoms with Gasteiger partial charge in [0.2, 0.25) is 0 Å². The summed E-state index contributed by atoms with van der Waals surface area (Å²) in [7, 11) is 5.28. The smallest absolute Gasteiger partial charge is 0.161 e. The molecule has 0 aliphatic rings. The van der Waals surface area contributed by atoms with Gasteiger partial charge >= 0.3 is 0 Å². The van der Waals surface area contributed by atoms with Crippen LogP contribution < -0.4 is 10.1 Å². The number of methoxy groups -OCH3 is 2. The van der Waals surface area contributed by atoms with Crippen LogP contribution in [0, 0.1) is 0 Å². The number of aromatic nitrogens is 2. The van der Waals surface area contributed by atoms with Gasteiger partial charge in [-0.2, -0.15) is 5.10 Å². The van der Waals surface area contributed by atoms with Crippen molar-refractivity contribution in [2.24, 2.45) is 0 Å². The minimum Gasteiger partial charge on any atom is -0.493 e. The molecule has 1 unspecified atom stereocenters. The summed E-state index contributed by atoms with van der Waals surface area (Å²) in [5.41, 5.74) is 1.07. The summed E-state index contributed by atoms with van der Waals surface area (Å²) in [6.07, 6.45) is 2.62. The summed E-state index contributed by atoms with van der Waals surface area (Å²) in [4.78, 5) is 0. The third-order valence-electron chi connectivity index (χ3n) is 3.03. The van der Waals surface area contributed by atoms with Crippen molar-refractivity contribution in [1.29, 1.82) is 0 Å². The maximum atomic E-state index is 5.52. The average molecular weight is 271 g/mol. The lowest BCUT2D eigenvalue weighted by atomic mass is 10.1. The second kappa shape index (κ2) is 8.90. The molecule has 19 heavy (non-hydrogen) atoms. The molecule has 0 aromatic carbocycles. The standard InChI is InChI=1S/C13H25N3O3/c1-5-16-13(12(18-4)10-15-16)11(14-2)6-7-19-9-8-17-3/h10-11,14H,5-9H2,1-4H3. The lowest BCUT2D eigenvalue weighted by molar-refractivity contribution is 0.0656. The Labute approximate surface area is 115 Å². The number of rotatable bonds is 10. The number of ether oxygens (including phenoxy) is 3. The highest BCUT2D eigenvalue weighted by atomic mass is 16.5. The first-order valence-electron chi connectivity index (χ1n) is 6.62. The van der Waals surface area contributed by atoms with Crippen LogP contribution in [0.25, 0.3) is 0 Å². The quantitative estimate of drug-likeness (QED) is 0.649. The Hall–Kier alpha value is -1.11. The van der Waals surface area contributed by atoms with Crippen LogP contribution in [-0.2, 0) is 16.0 Å². The summed E-state index contributed by atoms with van der Waals surface area (Å²) in [5.74, 6) is 0.818. The Bertz CT molecular complexity index is 333. The summed E-state index contributed by atoms with van der Waals surface area (Å²) in [6, 6.07) is 0.167. The number of nitrogens with one attached hydrogen (secondary N) is 1. The second-order valence-corrected chi connectivity index (χ2v) is 4.15. The van der Waals surface area contributed by atoms with Crippen LogP contribution in [0.5, 0.6) is 5.75 Å². The molecule has 0 radical (unpaired) electrons. The molecule has 0 aliphatic heterocycles. The molecule has 6 nitrogen and oxygen atoms in total. The largest absolute Gasteiger partial charge is 0.493 e. The van der Waals surface area contributed by atoms with Crippen molar-refractivity contribution < 1.29 is 14.2 Å². The van der Waals surface area contributed by atoms with Crippen molar-refractivity contribution in [2.45, 2.75) is 25.9 Å². The summed E-state index contributed by atoms with van der Waals surface area (Å²) in [5, 5.41) is 7.62. The van der Waals surface area contributed by atoms with Gasteiger partial charge in [0.25, 0.3) is 0 Å². The van der Waals surface area contributed by atoms with Gasteiger partial charge in [-0.05, 0) is 20.4 Å². The normalized spacial score (nSPS) is 12.6. The number of aryl methyl sites for hydroxylation is 1. The number of hydrogen-bond donors (Lipinski definition) is 1. The molecule has 1 aromatic heterocycles. The molecule has 1 aromatic rings. The van der Waals surface area contributed by atoms with E-state index in [0.29, 0.717) is 19.8 Å². The maximum absolute atomic E-state index is 5.52. The fourth-order valence-corrected chi connectivity index (χ4v) is 2.00. The monoisotopic (exact) mass is 271 g/mol. The molecule has 6 heteroatoms. The van der Waals surface area contributed by atoms with Crippen molar-refractivity contribution >= 4 is 0 Å². The highest BCUT2D eigenvalue weighted by Crippen LogP contribution is 2.26. The summed E-state index contributed by atoms with van der Waals surface area (Å²) < 4.78 is 17.8. The maximum Gasteiger partial charge on any atom is 0.161 e. The predicted molar refractivity (Wildman–Crippen MR) is 73.6 cm³/mol. The summed E-state index contributed by atoms with van der Waals surface area (Å²) >= 11 is 0. The fourth-order valence-electron chi connectivity index (χ4n) is 2.00. The third kappa shape index (κ3) is 4.49. The van der Waals surface area contributed by atoms with E-state index in [1.165, 1.54) is 0 Å². The lowest BCUT2D eigenvalue weighted by Gasteiger charge is -2.18. The second-order valence-electron chi connectivity index (χ2n) is 4.15. The highest BCUT2D eigenvalue weighted by molar-refractivity contribution is 5.28. The van der Waals surface area contributed by atoms with Crippen molar-refractivity contribution in [3.05, 3.63) is 11.9 Å². The molecule has 1 N–H and O–H groups in total. The Kier molecular flexibility index (Phi) is 7.47. The first-order chi connectivity index (χ1) is 9.28. The van der Waals surface area contributed by atoms with Gasteiger partial charge in [0.15, 0.2) is 5.75 Å². The molecule has 0 aliphatic carbocycles. The minimum atomic E-state index is 0.167. The molecule has 1 heterocycles. The van der Waals surface area contributed by atoms with E-state index >= 15 is 0 Å². The van der Waals surface area contributed by atoms with Gasteiger partial charge in [0, 0.05) is 20.3 Å². The Morgan fingerprint density at radius 3 is 2.68 bits per heavy atom. The molecule has 0 fully saturated rings. The number of nitrogens with zero attached hydrogens (tertiary/aromatic N) is 2. The zero-order valence-corrected chi connectivity index (χ0v) is 12.3. The first kappa shape index (κ1) is 15.9. The van der Waals surface area contributed by atoms with Crippen LogP contribution in [0.4, 0.5) is 0 Å². The molecular formula is C13H25N3O3. The fraction of sp³-hybridized carbons (Fsp3) is 0.769. The van der Waals surface area contributed by atoms with E-state index in [4.69, 9.17) is 14.2 Å². The summed E-state index contributed by atoms with van der Waals surface area (Å²) in [6.45, 7) is 4.81. The molecule has 110 valence electrons. The van der Waals surface area contributed by atoms with Gasteiger partial charge < -0.3 is 19.5 Å². The minimum absolute atomic E-state index is 0.167. The third-order valence-corrected chi connectivity index (χ3v) is 3.03. The van der Waals surface area contributed by atoms with Crippen molar-refractivity contribution in [2.75, 3.05) is 41.1 Å². The van der Waals surface area contributed by atoms with Crippen LogP contribution in [0.2, 0.25) is 0 Å². The Morgan fingerprint density at radius 2 is 2.11 bits per heavy atom. The van der Waals surface area contributed by atoms with Crippen LogP contribution >= 0.6 is 0 Å². The van der Waals surface area contributed by atoms with Gasteiger partial charge in [0.05, 0.1) is 38.3 Å². The van der Waals surface area contributed by atoms with E-state index in [1.54, 1.807) is 20.4 Å². The van der Waals surface area contributed by atoms with Crippen LogP contribution in [0.15, 0.2) is 6.20 Å². The lowest BCUT2D eigenvalue weighted by Crippen LogP contribution is -2.22. The van der Waals surface area contributed by atoms with Crippen molar-refractivity contribution in [3.8, 4) is 5.75 Å². The van der Waals surface area contributed by atoms with E-state index in [0.717, 1.165) is 24.4 Å². The van der Waals surface area contributed by atoms with Gasteiger partial charge in [0.1, 0.15) is 0 Å². The van der Waals surface area contributed by atoms with Crippen molar-refractivity contribution in [1.82, 2.24) is 15.1 Å². The molecule has 0 saturated heterocycles. The number of hydrogen-bond acceptors (Lipinski definition) is 5. The Balaban J connectivity index is 2.60. The van der Waals surface area contributed by atoms with Crippen LogP contribution in [0.3, 0.4) is 0 Å². The predicted octanol–water partition coefficient (Wildman–Crippen LogP) is 1.23. The SMILES string of the molecule is CCn1ncc(OC)c1C(CCOCCOC)NC. The molecule has 0 bridgehead atoms. The van der Waals surface area contributed by atoms with Crippen LogP contribution in [0.1, 0.15) is 25.1 Å². The van der Waals surface area contributed by atoms with Gasteiger partial charge in [-0.15, -0.1) is 0 Å². The van der Waals surface area contributed by atoms with Gasteiger partial charge in [-0.25, -0.2) is 0 Å². The van der Waals surface area contributed by atoms with Crippen LogP contribution in [-0.4, -0.2) is 50.9 Å². The zero-order valence-electron chi connectivity index (χ0n) is 12.3. The highest BCUT2D eigenvalue weighted by Gasteiger charge is 2.19. The van der Waals surface area contributed by atoms with Gasteiger partial charge in [-0.3, -0.25) is 4.68 Å². The van der Waals surface area contributed by atoms with E-state index < -0.39 is 0 Å².